The Morgan fingerprint density at radius 3 is 2.46 bits per heavy atom. The maximum absolute atomic E-state index is 12.4. The van der Waals surface area contributed by atoms with Gasteiger partial charge in [-0.15, -0.1) is 0 Å². The Balaban J connectivity index is 1.86. The quantitative estimate of drug-likeness (QED) is 0.863. The zero-order valence-electron chi connectivity index (χ0n) is 14.3. The standard InChI is InChI=1S/C17H25ClN4O2/c1-3-12(2)15(19)16(23)21-7-9-22(10-8-21)17(24)20-14-6-4-5-13(18)11-14/h4-6,11-12,15H,3,7-10,19H2,1-2H3,(H,20,24)/p+1/t12-,15+/m0/s1. The Morgan fingerprint density at radius 2 is 1.88 bits per heavy atom. The van der Waals surface area contributed by atoms with Crippen LogP contribution < -0.4 is 11.1 Å². The molecule has 0 bridgehead atoms. The first-order valence-corrected chi connectivity index (χ1v) is 8.73. The van der Waals surface area contributed by atoms with E-state index in [9.17, 15) is 9.59 Å². The minimum atomic E-state index is -0.221. The SMILES string of the molecule is CC[C@H](C)[C@@H]([NH3+])C(=O)N1CCN(C(=O)Nc2cccc(Cl)c2)CC1. The molecular weight excluding hydrogens is 328 g/mol. The van der Waals surface area contributed by atoms with E-state index in [-0.39, 0.29) is 23.9 Å². The molecule has 2 rings (SSSR count). The predicted octanol–water partition coefficient (Wildman–Crippen LogP) is 1.67. The van der Waals surface area contributed by atoms with Crippen LogP contribution in [0.2, 0.25) is 5.02 Å². The van der Waals surface area contributed by atoms with Gasteiger partial charge in [0.15, 0.2) is 6.04 Å². The Bertz CT molecular complexity index is 588. The van der Waals surface area contributed by atoms with Crippen molar-refractivity contribution < 1.29 is 15.3 Å². The molecule has 6 nitrogen and oxygen atoms in total. The van der Waals surface area contributed by atoms with E-state index in [1.165, 1.54) is 0 Å². The highest BCUT2D eigenvalue weighted by Gasteiger charge is 2.31. The third kappa shape index (κ3) is 4.61. The number of hydrogen-bond donors (Lipinski definition) is 2. The monoisotopic (exact) mass is 353 g/mol. The maximum atomic E-state index is 12.4. The summed E-state index contributed by atoms with van der Waals surface area (Å²) < 4.78 is 0. The summed E-state index contributed by atoms with van der Waals surface area (Å²) in [5.41, 5.74) is 4.67. The Kier molecular flexibility index (Phi) is 6.45. The molecule has 1 aliphatic rings. The van der Waals surface area contributed by atoms with Crippen LogP contribution in [0.5, 0.6) is 0 Å². The maximum Gasteiger partial charge on any atom is 0.321 e. The summed E-state index contributed by atoms with van der Waals surface area (Å²) in [4.78, 5) is 28.3. The Labute approximate surface area is 147 Å². The minimum Gasteiger partial charge on any atom is -0.347 e. The second-order valence-electron chi connectivity index (χ2n) is 6.24. The van der Waals surface area contributed by atoms with E-state index in [0.717, 1.165) is 6.42 Å². The zero-order chi connectivity index (χ0) is 17.7. The molecule has 1 aromatic carbocycles. The van der Waals surface area contributed by atoms with Crippen LogP contribution >= 0.6 is 11.6 Å². The number of urea groups is 1. The van der Waals surface area contributed by atoms with Gasteiger partial charge in [0.2, 0.25) is 0 Å². The number of carbonyl (C=O) groups excluding carboxylic acids is 2. The second kappa shape index (κ2) is 8.35. The van der Waals surface area contributed by atoms with Crippen molar-refractivity contribution in [3.63, 3.8) is 0 Å². The van der Waals surface area contributed by atoms with Crippen molar-refractivity contribution in [2.75, 3.05) is 31.5 Å². The lowest BCUT2D eigenvalue weighted by molar-refractivity contribution is -0.417. The molecule has 0 radical (unpaired) electrons. The molecule has 7 heteroatoms. The van der Waals surface area contributed by atoms with Gasteiger partial charge in [-0.25, -0.2) is 4.79 Å². The molecule has 1 saturated heterocycles. The Hall–Kier alpha value is -1.79. The molecule has 0 saturated carbocycles. The van der Waals surface area contributed by atoms with Crippen LogP contribution in [0.1, 0.15) is 20.3 Å². The molecular formula is C17H26ClN4O2+. The molecule has 0 unspecified atom stereocenters. The fourth-order valence-electron chi connectivity index (χ4n) is 2.66. The van der Waals surface area contributed by atoms with Crippen LogP contribution in [0.3, 0.4) is 0 Å². The predicted molar refractivity (Wildman–Crippen MR) is 94.8 cm³/mol. The zero-order valence-corrected chi connectivity index (χ0v) is 15.1. The summed E-state index contributed by atoms with van der Waals surface area (Å²) in [6.07, 6.45) is 0.932. The van der Waals surface area contributed by atoms with Crippen molar-refractivity contribution in [1.82, 2.24) is 9.80 Å². The van der Waals surface area contributed by atoms with Gasteiger partial charge in [-0.1, -0.05) is 31.5 Å². The summed E-state index contributed by atoms with van der Waals surface area (Å²) in [5.74, 6) is 0.348. The molecule has 132 valence electrons. The van der Waals surface area contributed by atoms with Gasteiger partial charge in [-0.2, -0.15) is 0 Å². The van der Waals surface area contributed by atoms with Crippen molar-refractivity contribution in [3.05, 3.63) is 29.3 Å². The van der Waals surface area contributed by atoms with Gasteiger partial charge in [-0.3, -0.25) is 4.79 Å². The van der Waals surface area contributed by atoms with Crippen molar-refractivity contribution in [1.29, 1.82) is 0 Å². The van der Waals surface area contributed by atoms with Crippen LogP contribution in [0, 0.1) is 5.92 Å². The highest BCUT2D eigenvalue weighted by Crippen LogP contribution is 2.16. The molecule has 24 heavy (non-hydrogen) atoms. The summed E-state index contributed by atoms with van der Waals surface area (Å²) in [6, 6.07) is 6.66. The van der Waals surface area contributed by atoms with Gasteiger partial charge in [0, 0.05) is 42.8 Å². The number of nitrogens with one attached hydrogen (secondary N) is 1. The van der Waals surface area contributed by atoms with E-state index in [1.807, 2.05) is 11.8 Å². The average molecular weight is 354 g/mol. The lowest BCUT2D eigenvalue weighted by atomic mass is 9.98. The van der Waals surface area contributed by atoms with Crippen LogP contribution in [-0.4, -0.2) is 54.0 Å². The number of anilines is 1. The normalized spacial score (nSPS) is 17.3. The van der Waals surface area contributed by atoms with Crippen LogP contribution in [-0.2, 0) is 4.79 Å². The molecule has 1 heterocycles. The van der Waals surface area contributed by atoms with Gasteiger partial charge in [0.25, 0.3) is 5.91 Å². The molecule has 0 aromatic heterocycles. The molecule has 0 aliphatic carbocycles. The number of carbonyl (C=O) groups is 2. The van der Waals surface area contributed by atoms with Gasteiger partial charge in [-0.05, 0) is 24.6 Å². The van der Waals surface area contributed by atoms with E-state index in [1.54, 1.807) is 29.2 Å². The second-order valence-corrected chi connectivity index (χ2v) is 6.68. The third-order valence-electron chi connectivity index (χ3n) is 4.60. The molecule has 1 fully saturated rings. The molecule has 0 spiro atoms. The number of piperazine rings is 1. The first kappa shape index (κ1) is 18.5. The first-order valence-electron chi connectivity index (χ1n) is 8.35. The number of amides is 3. The lowest BCUT2D eigenvalue weighted by Crippen LogP contribution is -2.71. The smallest absolute Gasteiger partial charge is 0.321 e. The fourth-order valence-corrected chi connectivity index (χ4v) is 2.85. The molecule has 1 aromatic rings. The molecule has 1 aliphatic heterocycles. The van der Waals surface area contributed by atoms with Gasteiger partial charge < -0.3 is 20.9 Å². The average Bonchev–Trinajstić information content (AvgIpc) is 2.59. The summed E-state index contributed by atoms with van der Waals surface area (Å²) in [5, 5.41) is 3.41. The van der Waals surface area contributed by atoms with E-state index in [2.05, 4.69) is 18.0 Å². The van der Waals surface area contributed by atoms with Crippen molar-refractivity contribution in [3.8, 4) is 0 Å². The highest BCUT2D eigenvalue weighted by atomic mass is 35.5. The fraction of sp³-hybridized carbons (Fsp3) is 0.529. The van der Waals surface area contributed by atoms with E-state index in [0.29, 0.717) is 36.9 Å². The molecule has 4 N–H and O–H groups in total. The number of hydrogen-bond acceptors (Lipinski definition) is 2. The molecule has 3 amide bonds. The highest BCUT2D eigenvalue weighted by molar-refractivity contribution is 6.30. The van der Waals surface area contributed by atoms with Crippen molar-refractivity contribution in [2.45, 2.75) is 26.3 Å². The molecule has 2 atom stereocenters. The van der Waals surface area contributed by atoms with E-state index < -0.39 is 0 Å². The van der Waals surface area contributed by atoms with Gasteiger partial charge >= 0.3 is 6.03 Å². The van der Waals surface area contributed by atoms with Crippen LogP contribution in [0.4, 0.5) is 10.5 Å². The third-order valence-corrected chi connectivity index (χ3v) is 4.84. The van der Waals surface area contributed by atoms with Gasteiger partial charge in [0.1, 0.15) is 0 Å². The lowest BCUT2D eigenvalue weighted by Gasteiger charge is -2.35. The summed E-state index contributed by atoms with van der Waals surface area (Å²) >= 11 is 5.92. The summed E-state index contributed by atoms with van der Waals surface area (Å²) in [7, 11) is 0. The van der Waals surface area contributed by atoms with Crippen molar-refractivity contribution in [2.24, 2.45) is 5.92 Å². The van der Waals surface area contributed by atoms with Crippen LogP contribution in [0.15, 0.2) is 24.3 Å². The number of benzene rings is 1. The Morgan fingerprint density at radius 1 is 1.25 bits per heavy atom. The van der Waals surface area contributed by atoms with Crippen LogP contribution in [0.25, 0.3) is 0 Å². The number of nitrogens with zero attached hydrogens (tertiary/aromatic N) is 2. The number of halogens is 1. The number of quaternary nitrogens is 1. The van der Waals surface area contributed by atoms with Gasteiger partial charge in [0.05, 0.1) is 0 Å². The topological polar surface area (TPSA) is 80.3 Å². The largest absolute Gasteiger partial charge is 0.347 e. The minimum absolute atomic E-state index is 0.0826. The number of rotatable bonds is 4. The summed E-state index contributed by atoms with van der Waals surface area (Å²) in [6.45, 7) is 6.24. The first-order chi connectivity index (χ1) is 11.4. The van der Waals surface area contributed by atoms with Crippen molar-refractivity contribution >= 4 is 29.2 Å². The van der Waals surface area contributed by atoms with E-state index in [4.69, 9.17) is 11.6 Å². The van der Waals surface area contributed by atoms with E-state index >= 15 is 0 Å².